The number of carbonyl (C=O) groups is 2. The van der Waals surface area contributed by atoms with Crippen LogP contribution in [0.2, 0.25) is 0 Å². The summed E-state index contributed by atoms with van der Waals surface area (Å²) in [6, 6.07) is 15.4. The molecule has 29 heavy (non-hydrogen) atoms. The first-order valence-electron chi connectivity index (χ1n) is 10.2. The number of rotatable bonds is 5. The first-order valence-corrected chi connectivity index (χ1v) is 10.2. The number of para-hydroxylation sites is 2. The summed E-state index contributed by atoms with van der Waals surface area (Å²) >= 11 is 0. The molecule has 1 unspecified atom stereocenters. The summed E-state index contributed by atoms with van der Waals surface area (Å²) in [5.74, 6) is 1.36. The van der Waals surface area contributed by atoms with Gasteiger partial charge in [-0.15, -0.1) is 0 Å². The molecule has 0 aliphatic carbocycles. The molecule has 0 radical (unpaired) electrons. The molecule has 6 heteroatoms. The van der Waals surface area contributed by atoms with Gasteiger partial charge in [-0.25, -0.2) is 0 Å². The molecular formula is C23H26N2O4. The van der Waals surface area contributed by atoms with E-state index in [4.69, 9.17) is 9.47 Å². The van der Waals surface area contributed by atoms with Crippen LogP contribution in [0.1, 0.15) is 37.8 Å². The van der Waals surface area contributed by atoms with Crippen molar-refractivity contribution >= 4 is 17.5 Å². The number of nitrogens with zero attached hydrogens (tertiary/aromatic N) is 2. The number of ether oxygens (including phenoxy) is 2. The van der Waals surface area contributed by atoms with Gasteiger partial charge in [-0.3, -0.25) is 14.5 Å². The predicted octanol–water partition coefficient (Wildman–Crippen LogP) is 3.56. The lowest BCUT2D eigenvalue weighted by Crippen LogP contribution is -2.42. The molecule has 2 aromatic carbocycles. The second-order valence-corrected chi connectivity index (χ2v) is 7.29. The predicted molar refractivity (Wildman–Crippen MR) is 110 cm³/mol. The van der Waals surface area contributed by atoms with Crippen molar-refractivity contribution in [3.05, 3.63) is 54.1 Å². The Labute approximate surface area is 171 Å². The number of anilines is 1. The SMILES string of the molecule is CCOc1ccc(C2CCCN2C(=O)CN2C(=O)CCOc3ccccc32)cc1. The number of hydrogen-bond acceptors (Lipinski definition) is 4. The van der Waals surface area contributed by atoms with Gasteiger partial charge in [0.05, 0.1) is 31.4 Å². The van der Waals surface area contributed by atoms with Crippen LogP contribution in [0, 0.1) is 0 Å². The van der Waals surface area contributed by atoms with E-state index < -0.39 is 0 Å². The smallest absolute Gasteiger partial charge is 0.243 e. The number of benzene rings is 2. The molecule has 4 rings (SSSR count). The van der Waals surface area contributed by atoms with Crippen LogP contribution >= 0.6 is 0 Å². The Morgan fingerprint density at radius 1 is 1.17 bits per heavy atom. The highest BCUT2D eigenvalue weighted by Gasteiger charge is 2.33. The van der Waals surface area contributed by atoms with Crippen molar-refractivity contribution in [1.29, 1.82) is 0 Å². The summed E-state index contributed by atoms with van der Waals surface area (Å²) in [6.45, 7) is 3.66. The van der Waals surface area contributed by atoms with Gasteiger partial charge in [-0.05, 0) is 49.6 Å². The molecule has 2 aliphatic rings. The lowest BCUT2D eigenvalue weighted by Gasteiger charge is -2.29. The fourth-order valence-corrected chi connectivity index (χ4v) is 4.08. The maximum Gasteiger partial charge on any atom is 0.243 e. The Bertz CT molecular complexity index is 881. The minimum atomic E-state index is -0.0832. The van der Waals surface area contributed by atoms with Gasteiger partial charge in [0.25, 0.3) is 0 Å². The normalized spacial score (nSPS) is 18.8. The molecule has 0 spiro atoms. The molecule has 2 aliphatic heterocycles. The van der Waals surface area contributed by atoms with E-state index in [0.717, 1.165) is 24.2 Å². The van der Waals surface area contributed by atoms with E-state index in [1.54, 1.807) is 4.90 Å². The molecule has 0 N–H and O–H groups in total. The molecule has 1 saturated heterocycles. The fourth-order valence-electron chi connectivity index (χ4n) is 4.08. The largest absolute Gasteiger partial charge is 0.494 e. The maximum absolute atomic E-state index is 13.2. The van der Waals surface area contributed by atoms with Crippen LogP contribution in [0.3, 0.4) is 0 Å². The summed E-state index contributed by atoms with van der Waals surface area (Å²) in [6.07, 6.45) is 2.15. The van der Waals surface area contributed by atoms with Crippen LogP contribution in [0.4, 0.5) is 5.69 Å². The summed E-state index contributed by atoms with van der Waals surface area (Å²) in [7, 11) is 0. The third-order valence-corrected chi connectivity index (χ3v) is 5.47. The minimum absolute atomic E-state index is 0.0340. The Hall–Kier alpha value is -3.02. The Morgan fingerprint density at radius 3 is 2.76 bits per heavy atom. The second-order valence-electron chi connectivity index (χ2n) is 7.29. The average molecular weight is 394 g/mol. The monoisotopic (exact) mass is 394 g/mol. The molecular weight excluding hydrogens is 368 g/mol. The highest BCUT2D eigenvalue weighted by molar-refractivity contribution is 6.00. The zero-order valence-electron chi connectivity index (χ0n) is 16.7. The molecule has 0 bridgehead atoms. The van der Waals surface area contributed by atoms with Crippen molar-refractivity contribution in [2.45, 2.75) is 32.2 Å². The van der Waals surface area contributed by atoms with Crippen molar-refractivity contribution in [3.63, 3.8) is 0 Å². The zero-order valence-corrected chi connectivity index (χ0v) is 16.7. The molecule has 2 aromatic rings. The van der Waals surface area contributed by atoms with E-state index in [2.05, 4.69) is 0 Å². The van der Waals surface area contributed by atoms with Crippen LogP contribution < -0.4 is 14.4 Å². The zero-order chi connectivity index (χ0) is 20.2. The third kappa shape index (κ3) is 4.06. The standard InChI is InChI=1S/C23H26N2O4/c1-2-28-18-11-9-17(10-12-18)19-7-5-14-24(19)23(27)16-25-20-6-3-4-8-21(20)29-15-13-22(25)26/h3-4,6,8-12,19H,2,5,7,13-16H2,1H3. The van der Waals surface area contributed by atoms with Crippen LogP contribution in [0.15, 0.2) is 48.5 Å². The summed E-state index contributed by atoms with van der Waals surface area (Å²) in [5, 5.41) is 0. The van der Waals surface area contributed by atoms with Crippen molar-refractivity contribution in [2.75, 3.05) is 31.2 Å². The van der Waals surface area contributed by atoms with Crippen LogP contribution in [-0.4, -0.2) is 43.0 Å². The van der Waals surface area contributed by atoms with E-state index >= 15 is 0 Å². The molecule has 1 atom stereocenters. The third-order valence-electron chi connectivity index (χ3n) is 5.47. The number of hydrogen-bond donors (Lipinski definition) is 0. The Morgan fingerprint density at radius 2 is 1.97 bits per heavy atom. The molecule has 1 fully saturated rings. The maximum atomic E-state index is 13.2. The summed E-state index contributed by atoms with van der Waals surface area (Å²) in [4.78, 5) is 29.3. The fraction of sp³-hybridized carbons (Fsp3) is 0.391. The molecule has 0 saturated carbocycles. The minimum Gasteiger partial charge on any atom is -0.494 e. The molecule has 2 amide bonds. The van der Waals surface area contributed by atoms with E-state index in [1.165, 1.54) is 0 Å². The van der Waals surface area contributed by atoms with Gasteiger partial charge < -0.3 is 14.4 Å². The topological polar surface area (TPSA) is 59.1 Å². The summed E-state index contributed by atoms with van der Waals surface area (Å²) < 4.78 is 11.2. The van der Waals surface area contributed by atoms with Gasteiger partial charge in [0.15, 0.2) is 0 Å². The van der Waals surface area contributed by atoms with E-state index in [0.29, 0.717) is 31.2 Å². The molecule has 6 nitrogen and oxygen atoms in total. The first kappa shape index (κ1) is 19.3. The average Bonchev–Trinajstić information content (AvgIpc) is 3.17. The van der Waals surface area contributed by atoms with Crippen molar-refractivity contribution in [3.8, 4) is 11.5 Å². The van der Waals surface area contributed by atoms with E-state index in [-0.39, 0.29) is 30.8 Å². The molecule has 2 heterocycles. The molecule has 152 valence electrons. The van der Waals surface area contributed by atoms with Crippen LogP contribution in [-0.2, 0) is 9.59 Å². The van der Waals surface area contributed by atoms with E-state index in [9.17, 15) is 9.59 Å². The quantitative estimate of drug-likeness (QED) is 0.778. The first-order chi connectivity index (χ1) is 14.2. The lowest BCUT2D eigenvalue weighted by molar-refractivity contribution is -0.132. The van der Waals surface area contributed by atoms with Gasteiger partial charge in [-0.2, -0.15) is 0 Å². The van der Waals surface area contributed by atoms with E-state index in [1.807, 2.05) is 60.4 Å². The number of likely N-dealkylation sites (tertiary alicyclic amines) is 1. The van der Waals surface area contributed by atoms with Gasteiger partial charge in [0.2, 0.25) is 11.8 Å². The Balaban J connectivity index is 1.52. The lowest BCUT2D eigenvalue weighted by atomic mass is 10.0. The summed E-state index contributed by atoms with van der Waals surface area (Å²) in [5.41, 5.74) is 1.77. The van der Waals surface area contributed by atoms with Crippen LogP contribution in [0.5, 0.6) is 11.5 Å². The Kier molecular flexibility index (Phi) is 5.69. The van der Waals surface area contributed by atoms with Crippen molar-refractivity contribution < 1.29 is 19.1 Å². The van der Waals surface area contributed by atoms with Gasteiger partial charge >= 0.3 is 0 Å². The number of amides is 2. The molecule has 0 aromatic heterocycles. The number of carbonyl (C=O) groups excluding carboxylic acids is 2. The van der Waals surface area contributed by atoms with Crippen LogP contribution in [0.25, 0.3) is 0 Å². The highest BCUT2D eigenvalue weighted by Crippen LogP contribution is 2.35. The van der Waals surface area contributed by atoms with Gasteiger partial charge in [0.1, 0.15) is 18.0 Å². The van der Waals surface area contributed by atoms with Crippen molar-refractivity contribution in [2.24, 2.45) is 0 Å². The second kappa shape index (κ2) is 8.55. The van der Waals surface area contributed by atoms with Crippen molar-refractivity contribution in [1.82, 2.24) is 4.90 Å². The van der Waals surface area contributed by atoms with Gasteiger partial charge in [-0.1, -0.05) is 24.3 Å². The number of fused-ring (bicyclic) bond motifs is 1. The van der Waals surface area contributed by atoms with Gasteiger partial charge in [0, 0.05) is 6.54 Å². The highest BCUT2D eigenvalue weighted by atomic mass is 16.5.